The summed E-state index contributed by atoms with van der Waals surface area (Å²) >= 11 is 1.49. The third kappa shape index (κ3) is 1.78. The fraction of sp³-hybridized carbons (Fsp3) is 0.214. The van der Waals surface area contributed by atoms with E-state index >= 15 is 0 Å². The molecule has 0 fully saturated rings. The highest BCUT2D eigenvalue weighted by atomic mass is 32.1. The van der Waals surface area contributed by atoms with Crippen LogP contribution in [-0.2, 0) is 6.54 Å². The largest absolute Gasteiger partial charge is 0.375 e. The van der Waals surface area contributed by atoms with E-state index in [-0.39, 0.29) is 0 Å². The molecule has 0 aliphatic heterocycles. The van der Waals surface area contributed by atoms with Crippen molar-refractivity contribution >= 4 is 27.4 Å². The summed E-state index contributed by atoms with van der Waals surface area (Å²) in [6, 6.07) is 8.45. The maximum atomic E-state index is 5.73. The van der Waals surface area contributed by atoms with Crippen LogP contribution in [0, 0.1) is 0 Å². The number of aryl methyl sites for hydroxylation is 1. The van der Waals surface area contributed by atoms with E-state index in [9.17, 15) is 0 Å². The Balaban J connectivity index is 2.23. The Morgan fingerprint density at radius 1 is 1.33 bits per heavy atom. The molecule has 4 heteroatoms. The van der Waals surface area contributed by atoms with Gasteiger partial charge in [-0.1, -0.05) is 25.1 Å². The molecule has 3 aromatic rings. The number of hydrogen-bond donors (Lipinski definition) is 1. The Labute approximate surface area is 110 Å². The summed E-state index contributed by atoms with van der Waals surface area (Å²) in [5, 5.41) is 3.89. The smallest absolute Gasteiger partial charge is 0.180 e. The summed E-state index contributed by atoms with van der Waals surface area (Å²) in [6.07, 6.45) is 3.31. The van der Waals surface area contributed by atoms with Crippen LogP contribution < -0.4 is 5.73 Å². The molecule has 2 heterocycles. The number of nitrogen functional groups attached to an aromatic ring is 1. The Kier molecular flexibility index (Phi) is 2.80. The second-order valence-corrected chi connectivity index (χ2v) is 5.21. The molecule has 3 nitrogen and oxygen atoms in total. The molecule has 0 aliphatic carbocycles. The van der Waals surface area contributed by atoms with Crippen molar-refractivity contribution in [1.29, 1.82) is 0 Å². The van der Waals surface area contributed by atoms with Gasteiger partial charge in [0, 0.05) is 34.6 Å². The van der Waals surface area contributed by atoms with Gasteiger partial charge in [-0.05, 0) is 12.5 Å². The van der Waals surface area contributed by atoms with Crippen LogP contribution in [0.15, 0.2) is 35.8 Å². The van der Waals surface area contributed by atoms with Crippen molar-refractivity contribution in [3.05, 3.63) is 35.8 Å². The molecular weight excluding hydrogens is 242 g/mol. The summed E-state index contributed by atoms with van der Waals surface area (Å²) in [5.74, 6) is 0. The van der Waals surface area contributed by atoms with Crippen LogP contribution in [0.5, 0.6) is 0 Å². The molecule has 0 spiro atoms. The van der Waals surface area contributed by atoms with Crippen LogP contribution in [0.3, 0.4) is 0 Å². The third-order valence-electron chi connectivity index (χ3n) is 3.05. The number of nitrogens with zero attached hydrogens (tertiary/aromatic N) is 2. The monoisotopic (exact) mass is 257 g/mol. The molecule has 0 bridgehead atoms. The average molecular weight is 257 g/mol. The standard InChI is InChI=1S/C14H15N3S/c1-2-7-17-8-11(12-9-18-14(15)16-12)10-5-3-4-6-13(10)17/h3-6,8-9H,2,7H2,1H3,(H2,15,16). The van der Waals surface area contributed by atoms with Crippen LogP contribution in [-0.4, -0.2) is 9.55 Å². The average Bonchev–Trinajstić information content (AvgIpc) is 2.95. The van der Waals surface area contributed by atoms with Crippen LogP contribution in [0.1, 0.15) is 13.3 Å². The number of rotatable bonds is 3. The summed E-state index contributed by atoms with van der Waals surface area (Å²) in [6.45, 7) is 3.22. The van der Waals surface area contributed by atoms with E-state index in [0.717, 1.165) is 18.7 Å². The van der Waals surface area contributed by atoms with Crippen molar-refractivity contribution in [1.82, 2.24) is 9.55 Å². The second kappa shape index (κ2) is 4.46. The molecule has 1 aromatic carbocycles. The fourth-order valence-corrected chi connectivity index (χ4v) is 2.85. The predicted octanol–water partition coefficient (Wildman–Crippen LogP) is 3.76. The predicted molar refractivity (Wildman–Crippen MR) is 77.7 cm³/mol. The Bertz CT molecular complexity index is 681. The first-order chi connectivity index (χ1) is 8.79. The summed E-state index contributed by atoms with van der Waals surface area (Å²) in [7, 11) is 0. The van der Waals surface area contributed by atoms with Crippen molar-refractivity contribution in [2.24, 2.45) is 0 Å². The van der Waals surface area contributed by atoms with E-state index in [1.54, 1.807) is 0 Å². The second-order valence-electron chi connectivity index (χ2n) is 4.32. The summed E-state index contributed by atoms with van der Waals surface area (Å²) in [4.78, 5) is 4.39. The van der Waals surface area contributed by atoms with E-state index in [1.807, 2.05) is 5.38 Å². The zero-order valence-electron chi connectivity index (χ0n) is 10.3. The number of thiazole rings is 1. The SMILES string of the molecule is CCCn1cc(-c2csc(N)n2)c2ccccc21. The number of para-hydroxylation sites is 1. The van der Waals surface area contributed by atoms with Gasteiger partial charge >= 0.3 is 0 Å². The van der Waals surface area contributed by atoms with Crippen molar-refractivity contribution in [2.45, 2.75) is 19.9 Å². The topological polar surface area (TPSA) is 43.8 Å². The van der Waals surface area contributed by atoms with Crippen LogP contribution in [0.25, 0.3) is 22.2 Å². The molecule has 18 heavy (non-hydrogen) atoms. The molecule has 0 amide bonds. The number of anilines is 1. The lowest BCUT2D eigenvalue weighted by atomic mass is 10.1. The maximum Gasteiger partial charge on any atom is 0.180 e. The number of aromatic nitrogens is 2. The van der Waals surface area contributed by atoms with Gasteiger partial charge in [0.05, 0.1) is 5.69 Å². The number of benzene rings is 1. The van der Waals surface area contributed by atoms with Crippen LogP contribution in [0.4, 0.5) is 5.13 Å². The minimum absolute atomic E-state index is 0.623. The van der Waals surface area contributed by atoms with Crippen molar-refractivity contribution < 1.29 is 0 Å². The van der Waals surface area contributed by atoms with E-state index < -0.39 is 0 Å². The lowest BCUT2D eigenvalue weighted by molar-refractivity contribution is 0.704. The zero-order chi connectivity index (χ0) is 12.5. The molecule has 0 unspecified atom stereocenters. The number of hydrogen-bond acceptors (Lipinski definition) is 3. The Morgan fingerprint density at radius 2 is 2.17 bits per heavy atom. The van der Waals surface area contributed by atoms with Gasteiger partial charge in [0.15, 0.2) is 5.13 Å². The molecule has 0 atom stereocenters. The zero-order valence-corrected chi connectivity index (χ0v) is 11.1. The molecular formula is C14H15N3S. The van der Waals surface area contributed by atoms with Gasteiger partial charge in [-0.3, -0.25) is 0 Å². The fourth-order valence-electron chi connectivity index (χ4n) is 2.29. The van der Waals surface area contributed by atoms with E-state index in [0.29, 0.717) is 5.13 Å². The first kappa shape index (κ1) is 11.3. The van der Waals surface area contributed by atoms with Gasteiger partial charge < -0.3 is 10.3 Å². The van der Waals surface area contributed by atoms with E-state index in [2.05, 4.69) is 46.9 Å². The minimum Gasteiger partial charge on any atom is -0.375 e. The van der Waals surface area contributed by atoms with Crippen LogP contribution in [0.2, 0.25) is 0 Å². The van der Waals surface area contributed by atoms with Crippen LogP contribution >= 0.6 is 11.3 Å². The molecule has 92 valence electrons. The summed E-state index contributed by atoms with van der Waals surface area (Å²) in [5.41, 5.74) is 9.14. The Hall–Kier alpha value is -1.81. The first-order valence-electron chi connectivity index (χ1n) is 6.09. The highest BCUT2D eigenvalue weighted by Gasteiger charge is 2.11. The van der Waals surface area contributed by atoms with Gasteiger partial charge in [0.2, 0.25) is 0 Å². The highest BCUT2D eigenvalue weighted by molar-refractivity contribution is 7.13. The third-order valence-corrected chi connectivity index (χ3v) is 3.72. The minimum atomic E-state index is 0.623. The van der Waals surface area contributed by atoms with E-state index in [4.69, 9.17) is 5.73 Å². The van der Waals surface area contributed by atoms with Gasteiger partial charge in [-0.2, -0.15) is 0 Å². The van der Waals surface area contributed by atoms with Crippen molar-refractivity contribution in [3.8, 4) is 11.3 Å². The van der Waals surface area contributed by atoms with Gasteiger partial charge in [-0.25, -0.2) is 4.98 Å². The number of fused-ring (bicyclic) bond motifs is 1. The van der Waals surface area contributed by atoms with Crippen molar-refractivity contribution in [2.75, 3.05) is 5.73 Å². The molecule has 0 aliphatic rings. The van der Waals surface area contributed by atoms with E-state index in [1.165, 1.54) is 27.8 Å². The molecule has 0 saturated carbocycles. The number of nitrogens with two attached hydrogens (primary N) is 1. The van der Waals surface area contributed by atoms with Crippen molar-refractivity contribution in [3.63, 3.8) is 0 Å². The van der Waals surface area contributed by atoms with Gasteiger partial charge in [-0.15, -0.1) is 11.3 Å². The molecule has 2 N–H and O–H groups in total. The quantitative estimate of drug-likeness (QED) is 0.776. The molecule has 0 saturated heterocycles. The van der Waals surface area contributed by atoms with Gasteiger partial charge in [0.1, 0.15) is 0 Å². The normalized spacial score (nSPS) is 11.2. The molecule has 2 aromatic heterocycles. The molecule has 0 radical (unpaired) electrons. The lowest BCUT2D eigenvalue weighted by Gasteiger charge is -2.00. The highest BCUT2D eigenvalue weighted by Crippen LogP contribution is 2.31. The summed E-state index contributed by atoms with van der Waals surface area (Å²) < 4.78 is 2.29. The maximum absolute atomic E-state index is 5.73. The molecule has 3 rings (SSSR count). The Morgan fingerprint density at radius 3 is 2.89 bits per heavy atom. The first-order valence-corrected chi connectivity index (χ1v) is 6.97. The lowest BCUT2D eigenvalue weighted by Crippen LogP contribution is -1.93. The van der Waals surface area contributed by atoms with Gasteiger partial charge in [0.25, 0.3) is 0 Å².